The molecule has 1 aromatic heterocycles. The number of aromatic nitrogens is 1. The van der Waals surface area contributed by atoms with Crippen molar-refractivity contribution < 1.29 is 13.9 Å². The van der Waals surface area contributed by atoms with Crippen LogP contribution in [-0.2, 0) is 0 Å². The maximum absolute atomic E-state index is 12.9. The van der Waals surface area contributed by atoms with Crippen LogP contribution in [0.15, 0.2) is 18.3 Å². The van der Waals surface area contributed by atoms with Crippen molar-refractivity contribution in [2.24, 2.45) is 5.73 Å². The van der Waals surface area contributed by atoms with Crippen molar-refractivity contribution in [3.8, 4) is 0 Å². The van der Waals surface area contributed by atoms with Crippen molar-refractivity contribution in [2.45, 2.75) is 12.0 Å². The Labute approximate surface area is 96.7 Å². The highest BCUT2D eigenvalue weighted by atomic mass is 35.5. The SMILES string of the molecule is Cl.N[C@@H](c1ccc(Cl)nc1)C(F)(F)CO. The number of halogens is 4. The number of aliphatic hydroxyl groups is 1. The van der Waals surface area contributed by atoms with Crippen LogP contribution in [0.25, 0.3) is 0 Å². The van der Waals surface area contributed by atoms with E-state index in [9.17, 15) is 8.78 Å². The van der Waals surface area contributed by atoms with Crippen LogP contribution in [0, 0.1) is 0 Å². The van der Waals surface area contributed by atoms with Crippen LogP contribution in [0.5, 0.6) is 0 Å². The van der Waals surface area contributed by atoms with E-state index in [0.29, 0.717) is 0 Å². The Morgan fingerprint density at radius 3 is 2.53 bits per heavy atom. The van der Waals surface area contributed by atoms with E-state index in [1.807, 2.05) is 0 Å². The molecule has 0 bridgehead atoms. The largest absolute Gasteiger partial charge is 0.390 e. The standard InChI is InChI=1S/C8H9ClF2N2O.ClH/c9-6-2-1-5(3-13-6)7(12)8(10,11)4-14;/h1-3,7,14H,4,12H2;1H/t7-;/m0./s1. The highest BCUT2D eigenvalue weighted by Crippen LogP contribution is 2.28. The molecule has 86 valence electrons. The molecule has 1 heterocycles. The number of nitrogens with zero attached hydrogens (tertiary/aromatic N) is 1. The van der Waals surface area contributed by atoms with E-state index in [-0.39, 0.29) is 23.1 Å². The summed E-state index contributed by atoms with van der Waals surface area (Å²) in [5, 5.41) is 8.61. The van der Waals surface area contributed by atoms with Gasteiger partial charge in [-0.25, -0.2) is 13.8 Å². The Morgan fingerprint density at radius 1 is 1.53 bits per heavy atom. The molecule has 0 amide bonds. The first-order valence-electron chi connectivity index (χ1n) is 3.83. The number of alkyl halides is 2. The zero-order chi connectivity index (χ0) is 10.8. The number of pyridine rings is 1. The fourth-order valence-corrected chi connectivity index (χ4v) is 1.03. The molecule has 1 rings (SSSR count). The van der Waals surface area contributed by atoms with Gasteiger partial charge in [-0.05, 0) is 11.6 Å². The average molecular weight is 259 g/mol. The van der Waals surface area contributed by atoms with Gasteiger partial charge in [0.05, 0.1) is 6.04 Å². The number of hydrogen-bond acceptors (Lipinski definition) is 3. The Bertz CT molecular complexity index is 308. The van der Waals surface area contributed by atoms with E-state index in [0.717, 1.165) is 6.20 Å². The fraction of sp³-hybridized carbons (Fsp3) is 0.375. The summed E-state index contributed by atoms with van der Waals surface area (Å²) in [5.41, 5.74) is 5.37. The molecular weight excluding hydrogens is 249 g/mol. The summed E-state index contributed by atoms with van der Waals surface area (Å²) >= 11 is 5.48. The lowest BCUT2D eigenvalue weighted by Gasteiger charge is -2.21. The van der Waals surface area contributed by atoms with Crippen molar-refractivity contribution in [3.05, 3.63) is 29.0 Å². The van der Waals surface area contributed by atoms with Gasteiger partial charge < -0.3 is 10.8 Å². The van der Waals surface area contributed by atoms with Gasteiger partial charge in [0.15, 0.2) is 0 Å². The number of aliphatic hydroxyl groups excluding tert-OH is 1. The highest BCUT2D eigenvalue weighted by Gasteiger charge is 2.37. The summed E-state index contributed by atoms with van der Waals surface area (Å²) in [6.07, 6.45) is 1.16. The van der Waals surface area contributed by atoms with Crippen molar-refractivity contribution in [3.63, 3.8) is 0 Å². The zero-order valence-electron chi connectivity index (χ0n) is 7.53. The van der Waals surface area contributed by atoms with Crippen molar-refractivity contribution in [2.75, 3.05) is 6.61 Å². The molecule has 3 nitrogen and oxygen atoms in total. The van der Waals surface area contributed by atoms with Crippen molar-refractivity contribution >= 4 is 24.0 Å². The maximum Gasteiger partial charge on any atom is 0.289 e. The molecule has 0 radical (unpaired) electrons. The minimum atomic E-state index is -3.35. The number of nitrogens with two attached hydrogens (primary N) is 1. The molecule has 0 spiro atoms. The lowest BCUT2D eigenvalue weighted by atomic mass is 10.0. The molecule has 0 saturated heterocycles. The van der Waals surface area contributed by atoms with Gasteiger partial charge in [0.25, 0.3) is 5.92 Å². The summed E-state index contributed by atoms with van der Waals surface area (Å²) in [5.74, 6) is -3.35. The van der Waals surface area contributed by atoms with Crippen LogP contribution in [0.1, 0.15) is 11.6 Å². The first kappa shape index (κ1) is 14.5. The lowest BCUT2D eigenvalue weighted by Crippen LogP contribution is -2.36. The molecule has 1 aromatic rings. The molecule has 0 aliphatic heterocycles. The zero-order valence-corrected chi connectivity index (χ0v) is 9.10. The minimum absolute atomic E-state index is 0. The molecule has 0 fully saturated rings. The summed E-state index contributed by atoms with van der Waals surface area (Å²) in [6.45, 7) is -1.29. The highest BCUT2D eigenvalue weighted by molar-refractivity contribution is 6.29. The second-order valence-corrected chi connectivity index (χ2v) is 3.20. The molecular formula is C8H10Cl2F2N2O. The topological polar surface area (TPSA) is 59.1 Å². The van der Waals surface area contributed by atoms with Gasteiger partial charge in [-0.1, -0.05) is 17.7 Å². The Morgan fingerprint density at radius 2 is 2.13 bits per heavy atom. The third kappa shape index (κ3) is 3.53. The molecule has 3 N–H and O–H groups in total. The van der Waals surface area contributed by atoms with Gasteiger partial charge in [0.2, 0.25) is 0 Å². The summed E-state index contributed by atoms with van der Waals surface area (Å²) in [7, 11) is 0. The predicted octanol–water partition coefficient (Wildman–Crippen LogP) is 1.78. The van der Waals surface area contributed by atoms with Crippen molar-refractivity contribution in [1.29, 1.82) is 0 Å². The van der Waals surface area contributed by atoms with Crippen LogP contribution >= 0.6 is 24.0 Å². The van der Waals surface area contributed by atoms with Gasteiger partial charge in [-0.15, -0.1) is 12.4 Å². The Balaban J connectivity index is 0.00000196. The molecule has 1 atom stereocenters. The fourth-order valence-electron chi connectivity index (χ4n) is 0.913. The smallest absolute Gasteiger partial charge is 0.289 e. The first-order valence-corrected chi connectivity index (χ1v) is 4.21. The van der Waals surface area contributed by atoms with E-state index in [1.54, 1.807) is 0 Å². The number of hydrogen-bond donors (Lipinski definition) is 2. The third-order valence-electron chi connectivity index (χ3n) is 1.78. The second-order valence-electron chi connectivity index (χ2n) is 2.81. The van der Waals surface area contributed by atoms with E-state index in [2.05, 4.69) is 4.98 Å². The normalized spacial score (nSPS) is 13.1. The summed E-state index contributed by atoms with van der Waals surface area (Å²) in [4.78, 5) is 3.62. The van der Waals surface area contributed by atoms with Gasteiger partial charge in [-0.3, -0.25) is 0 Å². The third-order valence-corrected chi connectivity index (χ3v) is 2.00. The summed E-state index contributed by atoms with van der Waals surface area (Å²) < 4.78 is 25.8. The molecule has 0 unspecified atom stereocenters. The molecule has 7 heteroatoms. The lowest BCUT2D eigenvalue weighted by molar-refractivity contribution is -0.0712. The summed E-state index contributed by atoms with van der Waals surface area (Å²) in [6, 6.07) is 1.14. The van der Waals surface area contributed by atoms with Gasteiger partial charge in [0.1, 0.15) is 11.8 Å². The first-order chi connectivity index (χ1) is 6.47. The van der Waals surface area contributed by atoms with Gasteiger partial charge in [-0.2, -0.15) is 0 Å². The van der Waals surface area contributed by atoms with E-state index >= 15 is 0 Å². The quantitative estimate of drug-likeness (QED) is 0.813. The van der Waals surface area contributed by atoms with Crippen LogP contribution in [0.4, 0.5) is 8.78 Å². The minimum Gasteiger partial charge on any atom is -0.390 e. The molecule has 0 aliphatic rings. The van der Waals surface area contributed by atoms with Crippen LogP contribution in [0.3, 0.4) is 0 Å². The number of rotatable bonds is 3. The molecule has 0 saturated carbocycles. The average Bonchev–Trinajstić information content (AvgIpc) is 2.18. The Kier molecular flexibility index (Phi) is 5.37. The van der Waals surface area contributed by atoms with Gasteiger partial charge in [0, 0.05) is 6.20 Å². The Hall–Kier alpha value is -0.490. The van der Waals surface area contributed by atoms with E-state index in [1.165, 1.54) is 12.1 Å². The van der Waals surface area contributed by atoms with Crippen LogP contribution in [0.2, 0.25) is 5.15 Å². The molecule has 0 aromatic carbocycles. The van der Waals surface area contributed by atoms with Crippen molar-refractivity contribution in [1.82, 2.24) is 4.98 Å². The maximum atomic E-state index is 12.9. The van der Waals surface area contributed by atoms with E-state index in [4.69, 9.17) is 22.4 Å². The monoisotopic (exact) mass is 258 g/mol. The predicted molar refractivity (Wildman–Crippen MR) is 55.5 cm³/mol. The second kappa shape index (κ2) is 5.55. The van der Waals surface area contributed by atoms with E-state index < -0.39 is 18.6 Å². The molecule has 15 heavy (non-hydrogen) atoms. The molecule has 0 aliphatic carbocycles. The van der Waals surface area contributed by atoms with Gasteiger partial charge >= 0.3 is 0 Å². The van der Waals surface area contributed by atoms with Crippen LogP contribution < -0.4 is 5.73 Å². The van der Waals surface area contributed by atoms with Crippen LogP contribution in [-0.4, -0.2) is 22.6 Å².